The van der Waals surface area contributed by atoms with Crippen LogP contribution >= 0.6 is 11.3 Å². The van der Waals surface area contributed by atoms with Crippen molar-refractivity contribution in [3.8, 4) is 10.6 Å². The van der Waals surface area contributed by atoms with Gasteiger partial charge in [-0.05, 0) is 38.9 Å². The molecule has 1 aliphatic rings. The molecular formula is C16H18F3N3O2S. The van der Waals surface area contributed by atoms with Crippen molar-refractivity contribution < 1.29 is 22.5 Å². The number of carbonyl (C=O) groups is 1. The Morgan fingerprint density at radius 3 is 2.60 bits per heavy atom. The molecule has 0 radical (unpaired) electrons. The number of alkyl halides is 3. The largest absolute Gasteiger partial charge is 0.452 e. The summed E-state index contributed by atoms with van der Waals surface area (Å²) in [6.45, 7) is 2.65. The van der Waals surface area contributed by atoms with E-state index in [9.17, 15) is 18.0 Å². The molecule has 1 saturated heterocycles. The van der Waals surface area contributed by atoms with Crippen LogP contribution in [0.25, 0.3) is 10.6 Å². The van der Waals surface area contributed by atoms with Crippen LogP contribution < -0.4 is 5.32 Å². The number of halogens is 3. The number of rotatable bonds is 3. The van der Waals surface area contributed by atoms with Crippen LogP contribution in [0.5, 0.6) is 0 Å². The van der Waals surface area contributed by atoms with E-state index in [4.69, 9.17) is 0 Å². The third-order valence-corrected chi connectivity index (χ3v) is 5.50. The number of thiophene rings is 1. The van der Waals surface area contributed by atoms with Crippen LogP contribution in [0.4, 0.5) is 13.2 Å². The predicted molar refractivity (Wildman–Crippen MR) is 87.5 cm³/mol. The summed E-state index contributed by atoms with van der Waals surface area (Å²) in [5.74, 6) is -1.19. The Hall–Kier alpha value is -1.87. The highest BCUT2D eigenvalue weighted by atomic mass is 32.1. The third kappa shape index (κ3) is 3.57. The van der Waals surface area contributed by atoms with Crippen LogP contribution in [0.2, 0.25) is 0 Å². The Bertz CT molecular complexity index is 761. The Kier molecular flexibility index (Phi) is 4.88. The van der Waals surface area contributed by atoms with Crippen molar-refractivity contribution in [1.29, 1.82) is 0 Å². The van der Waals surface area contributed by atoms with Gasteiger partial charge in [-0.15, -0.1) is 11.3 Å². The van der Waals surface area contributed by atoms with Gasteiger partial charge in [0.1, 0.15) is 5.69 Å². The maximum atomic E-state index is 12.8. The number of carbonyl (C=O) groups excluding carboxylic acids is 1. The van der Waals surface area contributed by atoms with Crippen LogP contribution in [0.3, 0.4) is 0 Å². The number of nitrogens with one attached hydrogen (secondary N) is 1. The summed E-state index contributed by atoms with van der Waals surface area (Å²) in [5.41, 5.74) is 0.0634. The molecule has 1 amide bonds. The van der Waals surface area contributed by atoms with Gasteiger partial charge in [0.15, 0.2) is 0 Å². The minimum absolute atomic E-state index is 0.0665. The maximum absolute atomic E-state index is 12.8. The van der Waals surface area contributed by atoms with E-state index >= 15 is 0 Å². The number of nitrogens with zero attached hydrogens (tertiary/aromatic N) is 2. The number of hydrogen-bond donors (Lipinski definition) is 1. The van der Waals surface area contributed by atoms with Crippen LogP contribution in [0.15, 0.2) is 16.7 Å². The molecule has 2 aromatic rings. The van der Waals surface area contributed by atoms with E-state index in [0.29, 0.717) is 28.9 Å². The minimum Gasteiger partial charge on any atom is -0.351 e. The lowest BCUT2D eigenvalue weighted by Crippen LogP contribution is -2.43. The molecule has 1 fully saturated rings. The molecule has 0 saturated carbocycles. The smallest absolute Gasteiger partial charge is 0.351 e. The molecule has 136 valence electrons. The fourth-order valence-corrected chi connectivity index (χ4v) is 3.95. The quantitative estimate of drug-likeness (QED) is 0.894. The van der Waals surface area contributed by atoms with Gasteiger partial charge in [-0.25, -0.2) is 0 Å². The second-order valence-electron chi connectivity index (χ2n) is 6.00. The molecule has 3 rings (SSSR count). The summed E-state index contributed by atoms with van der Waals surface area (Å²) >= 11 is 1.14. The summed E-state index contributed by atoms with van der Waals surface area (Å²) in [7, 11) is 1.91. The van der Waals surface area contributed by atoms with Crippen LogP contribution in [0.1, 0.15) is 33.8 Å². The zero-order valence-electron chi connectivity index (χ0n) is 13.8. The van der Waals surface area contributed by atoms with E-state index in [1.54, 1.807) is 17.0 Å². The van der Waals surface area contributed by atoms with E-state index in [2.05, 4.69) is 15.0 Å². The molecule has 1 N–H and O–H groups in total. The highest BCUT2D eigenvalue weighted by Crippen LogP contribution is 2.38. The molecule has 0 atom stereocenters. The molecule has 0 unspecified atom stereocenters. The Morgan fingerprint density at radius 2 is 2.04 bits per heavy atom. The SMILES string of the molecule is CNC1CCN(C(=O)c2ccc(-c3noc(C(F)(F)F)c3C)s2)CC1. The lowest BCUT2D eigenvalue weighted by Gasteiger charge is -2.31. The first-order valence-corrected chi connectivity index (χ1v) is 8.73. The highest BCUT2D eigenvalue weighted by Gasteiger charge is 2.39. The predicted octanol–water partition coefficient (Wildman–Crippen LogP) is 3.55. The third-order valence-electron chi connectivity index (χ3n) is 4.42. The van der Waals surface area contributed by atoms with E-state index in [0.717, 1.165) is 24.2 Å². The molecule has 2 aromatic heterocycles. The molecule has 1 aliphatic heterocycles. The molecule has 0 spiro atoms. The Labute approximate surface area is 146 Å². The first kappa shape index (κ1) is 17.9. The second-order valence-corrected chi connectivity index (χ2v) is 7.09. The van der Waals surface area contributed by atoms with E-state index in [1.165, 1.54) is 6.92 Å². The number of hydrogen-bond acceptors (Lipinski definition) is 5. The van der Waals surface area contributed by atoms with Crippen molar-refractivity contribution >= 4 is 17.2 Å². The zero-order chi connectivity index (χ0) is 18.2. The molecular weight excluding hydrogens is 355 g/mol. The van der Waals surface area contributed by atoms with Crippen molar-refractivity contribution in [1.82, 2.24) is 15.4 Å². The lowest BCUT2D eigenvalue weighted by atomic mass is 10.1. The van der Waals surface area contributed by atoms with E-state index < -0.39 is 11.9 Å². The van der Waals surface area contributed by atoms with Crippen molar-refractivity contribution in [2.75, 3.05) is 20.1 Å². The van der Waals surface area contributed by atoms with Crippen LogP contribution in [0, 0.1) is 6.92 Å². The van der Waals surface area contributed by atoms with Crippen molar-refractivity contribution in [3.63, 3.8) is 0 Å². The molecule has 3 heterocycles. The van der Waals surface area contributed by atoms with Crippen molar-refractivity contribution in [2.24, 2.45) is 0 Å². The fraction of sp³-hybridized carbons (Fsp3) is 0.500. The van der Waals surface area contributed by atoms with Crippen LogP contribution in [-0.4, -0.2) is 42.1 Å². The highest BCUT2D eigenvalue weighted by molar-refractivity contribution is 7.17. The van der Waals surface area contributed by atoms with Gasteiger partial charge >= 0.3 is 6.18 Å². The van der Waals surface area contributed by atoms with E-state index in [-0.39, 0.29) is 17.2 Å². The summed E-state index contributed by atoms with van der Waals surface area (Å²) < 4.78 is 42.9. The standard InChI is InChI=1S/C16H18F3N3O2S/c1-9-13(21-24-14(9)16(17,18)19)11-3-4-12(25-11)15(23)22-7-5-10(20-2)6-8-22/h3-4,10,20H,5-8H2,1-2H3. The van der Waals surface area contributed by atoms with Gasteiger partial charge in [-0.3, -0.25) is 4.79 Å². The van der Waals surface area contributed by atoms with Gasteiger partial charge in [0, 0.05) is 24.7 Å². The normalized spacial score (nSPS) is 16.4. The summed E-state index contributed by atoms with van der Waals surface area (Å²) in [6, 6.07) is 3.67. The second kappa shape index (κ2) is 6.80. The lowest BCUT2D eigenvalue weighted by molar-refractivity contribution is -0.156. The molecule has 0 aromatic carbocycles. The molecule has 5 nitrogen and oxygen atoms in total. The Morgan fingerprint density at radius 1 is 1.36 bits per heavy atom. The van der Waals surface area contributed by atoms with Gasteiger partial charge in [-0.1, -0.05) is 5.16 Å². The van der Waals surface area contributed by atoms with Gasteiger partial charge in [0.05, 0.1) is 9.75 Å². The summed E-state index contributed by atoms with van der Waals surface area (Å²) in [6.07, 6.45) is -2.81. The van der Waals surface area contributed by atoms with E-state index in [1.807, 2.05) is 7.05 Å². The minimum atomic E-state index is -4.58. The number of aromatic nitrogens is 1. The molecule has 25 heavy (non-hydrogen) atoms. The van der Waals surface area contributed by atoms with Gasteiger partial charge < -0.3 is 14.7 Å². The molecule has 0 aliphatic carbocycles. The van der Waals surface area contributed by atoms with Crippen LogP contribution in [-0.2, 0) is 6.18 Å². The average Bonchev–Trinajstić information content (AvgIpc) is 3.20. The average molecular weight is 373 g/mol. The Balaban J connectivity index is 1.77. The first-order valence-electron chi connectivity index (χ1n) is 7.91. The van der Waals surface area contributed by atoms with Crippen molar-refractivity contribution in [2.45, 2.75) is 32.0 Å². The summed E-state index contributed by atoms with van der Waals surface area (Å²) in [5, 5.41) is 6.74. The number of amides is 1. The van der Waals surface area contributed by atoms with Crippen molar-refractivity contribution in [3.05, 3.63) is 28.3 Å². The molecule has 9 heteroatoms. The zero-order valence-corrected chi connectivity index (χ0v) is 14.6. The van der Waals surface area contributed by atoms with Gasteiger partial charge in [-0.2, -0.15) is 13.2 Å². The number of piperidine rings is 1. The van der Waals surface area contributed by atoms with Gasteiger partial charge in [0.2, 0.25) is 5.76 Å². The maximum Gasteiger partial charge on any atom is 0.452 e. The monoisotopic (exact) mass is 373 g/mol. The fourth-order valence-electron chi connectivity index (χ4n) is 2.94. The number of likely N-dealkylation sites (tertiary alicyclic amines) is 1. The topological polar surface area (TPSA) is 58.4 Å². The van der Waals surface area contributed by atoms with Gasteiger partial charge in [0.25, 0.3) is 5.91 Å². The summed E-state index contributed by atoms with van der Waals surface area (Å²) in [4.78, 5) is 15.3. The molecule has 0 bridgehead atoms. The first-order chi connectivity index (χ1) is 11.8.